The van der Waals surface area contributed by atoms with Crippen LogP contribution in [-0.4, -0.2) is 0 Å². The summed E-state index contributed by atoms with van der Waals surface area (Å²) >= 11 is 2.38. The molecule has 2 rings (SSSR count). The van der Waals surface area contributed by atoms with Crippen LogP contribution in [0.1, 0.15) is 27.8 Å². The molecular weight excluding hydrogens is 345 g/mol. The van der Waals surface area contributed by atoms with Crippen LogP contribution in [0.15, 0.2) is 30.3 Å². The van der Waals surface area contributed by atoms with E-state index in [-0.39, 0.29) is 0 Å². The number of benzene rings is 2. The van der Waals surface area contributed by atoms with Gasteiger partial charge in [-0.05, 0) is 84.7 Å². The smallest absolute Gasteiger partial charge is 0.0406 e. The minimum Gasteiger partial charge on any atom is -0.381 e. The molecule has 1 nitrogen and oxygen atoms in total. The van der Waals surface area contributed by atoms with Crippen molar-refractivity contribution >= 4 is 28.3 Å². The van der Waals surface area contributed by atoms with Gasteiger partial charge < -0.3 is 5.32 Å². The molecule has 0 aliphatic heterocycles. The molecule has 1 N–H and O–H groups in total. The summed E-state index contributed by atoms with van der Waals surface area (Å²) in [6.07, 6.45) is 0. The van der Waals surface area contributed by atoms with E-state index in [0.29, 0.717) is 0 Å². The number of anilines is 1. The summed E-state index contributed by atoms with van der Waals surface area (Å²) in [6, 6.07) is 11.0. The topological polar surface area (TPSA) is 12.0 Å². The lowest BCUT2D eigenvalue weighted by atomic mass is 10.00. The fourth-order valence-corrected chi connectivity index (χ4v) is 2.90. The number of rotatable bonds is 3. The monoisotopic (exact) mass is 365 g/mol. The van der Waals surface area contributed by atoms with Crippen molar-refractivity contribution in [1.29, 1.82) is 0 Å². The van der Waals surface area contributed by atoms with Gasteiger partial charge in [-0.2, -0.15) is 0 Å². The molecule has 0 atom stereocenters. The Hall–Kier alpha value is -1.03. The molecule has 19 heavy (non-hydrogen) atoms. The van der Waals surface area contributed by atoms with Gasteiger partial charge in [0, 0.05) is 15.8 Å². The van der Waals surface area contributed by atoms with Crippen molar-refractivity contribution in [3.8, 4) is 0 Å². The lowest BCUT2D eigenvalue weighted by molar-refractivity contribution is 1.08. The van der Waals surface area contributed by atoms with Crippen LogP contribution in [0.3, 0.4) is 0 Å². The molecule has 2 aromatic carbocycles. The van der Waals surface area contributed by atoms with Gasteiger partial charge in [0.25, 0.3) is 0 Å². The number of hydrogen-bond acceptors (Lipinski definition) is 1. The Morgan fingerprint density at radius 2 is 1.53 bits per heavy atom. The summed E-state index contributed by atoms with van der Waals surface area (Å²) in [4.78, 5) is 0. The van der Waals surface area contributed by atoms with Crippen molar-refractivity contribution in [1.82, 2.24) is 0 Å². The Morgan fingerprint density at radius 3 is 2.11 bits per heavy atom. The summed E-state index contributed by atoms with van der Waals surface area (Å²) < 4.78 is 1.31. The molecule has 0 unspecified atom stereocenters. The quantitative estimate of drug-likeness (QED) is 0.743. The predicted molar refractivity (Wildman–Crippen MR) is 91.9 cm³/mol. The van der Waals surface area contributed by atoms with Gasteiger partial charge in [-0.3, -0.25) is 0 Å². The average molecular weight is 365 g/mol. The average Bonchev–Trinajstić information content (AvgIpc) is 2.32. The van der Waals surface area contributed by atoms with E-state index in [1.54, 1.807) is 0 Å². The third-order valence-corrected chi connectivity index (χ3v) is 4.64. The number of hydrogen-bond donors (Lipinski definition) is 1. The molecule has 0 saturated carbocycles. The van der Waals surface area contributed by atoms with E-state index in [9.17, 15) is 0 Å². The Labute approximate surface area is 129 Å². The molecule has 0 radical (unpaired) electrons. The van der Waals surface area contributed by atoms with E-state index in [0.717, 1.165) is 6.54 Å². The first-order chi connectivity index (χ1) is 8.97. The predicted octanol–water partition coefficient (Wildman–Crippen LogP) is 5.14. The molecule has 0 aromatic heterocycles. The van der Waals surface area contributed by atoms with E-state index in [1.165, 1.54) is 37.1 Å². The van der Waals surface area contributed by atoms with Crippen molar-refractivity contribution in [2.45, 2.75) is 34.2 Å². The highest BCUT2D eigenvalue weighted by atomic mass is 127. The van der Waals surface area contributed by atoms with Gasteiger partial charge in [-0.25, -0.2) is 0 Å². The lowest BCUT2D eigenvalue weighted by Gasteiger charge is -2.14. The first-order valence-corrected chi connectivity index (χ1v) is 7.62. The molecule has 0 amide bonds. The van der Waals surface area contributed by atoms with Crippen molar-refractivity contribution < 1.29 is 0 Å². The molecule has 0 aliphatic rings. The largest absolute Gasteiger partial charge is 0.381 e. The first-order valence-electron chi connectivity index (χ1n) is 6.54. The highest BCUT2D eigenvalue weighted by Crippen LogP contribution is 2.20. The molecule has 0 bridgehead atoms. The number of halogens is 1. The number of aryl methyl sites for hydroxylation is 4. The summed E-state index contributed by atoms with van der Waals surface area (Å²) in [5, 5.41) is 3.53. The molecule has 0 fully saturated rings. The van der Waals surface area contributed by atoms with Crippen LogP contribution in [0.4, 0.5) is 5.69 Å². The van der Waals surface area contributed by atoms with E-state index in [1.807, 2.05) is 0 Å². The third-order valence-electron chi connectivity index (χ3n) is 3.48. The molecule has 0 saturated heterocycles. The maximum absolute atomic E-state index is 3.53. The fourth-order valence-electron chi connectivity index (χ4n) is 2.38. The van der Waals surface area contributed by atoms with Gasteiger partial charge in [0.1, 0.15) is 0 Å². The molecule has 0 heterocycles. The van der Waals surface area contributed by atoms with Crippen LogP contribution in [0.5, 0.6) is 0 Å². The summed E-state index contributed by atoms with van der Waals surface area (Å²) in [6.45, 7) is 9.56. The molecule has 2 heteroatoms. The Bertz CT molecular complexity index is 579. The minimum atomic E-state index is 0.886. The van der Waals surface area contributed by atoms with Crippen LogP contribution in [0, 0.1) is 31.3 Å². The van der Waals surface area contributed by atoms with Gasteiger partial charge in [-0.15, -0.1) is 0 Å². The summed E-state index contributed by atoms with van der Waals surface area (Å²) in [5.41, 5.74) is 7.99. The highest BCUT2D eigenvalue weighted by Gasteiger charge is 2.04. The molecule has 2 aromatic rings. The maximum Gasteiger partial charge on any atom is 0.0406 e. The van der Waals surface area contributed by atoms with Gasteiger partial charge in [0.05, 0.1) is 0 Å². The second-order valence-electron chi connectivity index (χ2n) is 5.19. The van der Waals surface area contributed by atoms with Crippen LogP contribution >= 0.6 is 22.6 Å². The lowest BCUT2D eigenvalue weighted by Crippen LogP contribution is -2.04. The van der Waals surface area contributed by atoms with E-state index >= 15 is 0 Å². The van der Waals surface area contributed by atoms with Gasteiger partial charge in [0.15, 0.2) is 0 Å². The van der Waals surface area contributed by atoms with E-state index < -0.39 is 0 Å². The number of nitrogens with one attached hydrogen (secondary N) is 1. The second kappa shape index (κ2) is 5.95. The van der Waals surface area contributed by atoms with E-state index in [4.69, 9.17) is 0 Å². The van der Waals surface area contributed by atoms with Crippen molar-refractivity contribution in [2.75, 3.05) is 5.32 Å². The second-order valence-corrected chi connectivity index (χ2v) is 6.36. The van der Waals surface area contributed by atoms with Crippen LogP contribution in [-0.2, 0) is 6.54 Å². The third kappa shape index (κ3) is 3.50. The highest BCUT2D eigenvalue weighted by molar-refractivity contribution is 14.1. The molecular formula is C17H20IN. The van der Waals surface area contributed by atoms with Crippen molar-refractivity contribution in [2.24, 2.45) is 0 Å². The Morgan fingerprint density at radius 1 is 0.895 bits per heavy atom. The van der Waals surface area contributed by atoms with Gasteiger partial charge in [-0.1, -0.05) is 23.8 Å². The van der Waals surface area contributed by atoms with Gasteiger partial charge in [0.2, 0.25) is 0 Å². The summed E-state index contributed by atoms with van der Waals surface area (Å²) in [7, 11) is 0. The van der Waals surface area contributed by atoms with Crippen LogP contribution in [0.2, 0.25) is 0 Å². The first kappa shape index (κ1) is 14.4. The van der Waals surface area contributed by atoms with Crippen LogP contribution in [0.25, 0.3) is 0 Å². The van der Waals surface area contributed by atoms with Crippen molar-refractivity contribution in [3.63, 3.8) is 0 Å². The zero-order valence-electron chi connectivity index (χ0n) is 12.0. The fraction of sp³-hybridized carbons (Fsp3) is 0.294. The summed E-state index contributed by atoms with van der Waals surface area (Å²) in [5.74, 6) is 0. The maximum atomic E-state index is 3.53. The van der Waals surface area contributed by atoms with Crippen molar-refractivity contribution in [3.05, 3.63) is 61.7 Å². The Kier molecular flexibility index (Phi) is 4.50. The molecule has 100 valence electrons. The standard InChI is InChI=1S/C17H20IN/c1-11-7-13(3)16(14(4)8-11)10-19-15-6-5-12(2)17(18)9-15/h5-9,19H,10H2,1-4H3. The van der Waals surface area contributed by atoms with Crippen LogP contribution < -0.4 is 5.32 Å². The Balaban J connectivity index is 2.16. The van der Waals surface area contributed by atoms with E-state index in [2.05, 4.69) is 85.9 Å². The molecule has 0 spiro atoms. The van der Waals surface area contributed by atoms with Gasteiger partial charge >= 0.3 is 0 Å². The molecule has 0 aliphatic carbocycles. The normalized spacial score (nSPS) is 10.6. The zero-order valence-corrected chi connectivity index (χ0v) is 14.1. The minimum absolute atomic E-state index is 0.886. The SMILES string of the molecule is Cc1cc(C)c(CNc2ccc(C)c(I)c2)c(C)c1. The zero-order chi connectivity index (χ0) is 14.0.